The highest BCUT2D eigenvalue weighted by molar-refractivity contribution is 6.28. The van der Waals surface area contributed by atoms with Crippen LogP contribution in [0.15, 0.2) is 83.8 Å². The number of hydrazone groups is 2. The van der Waals surface area contributed by atoms with Gasteiger partial charge in [-0.1, -0.05) is 20.8 Å². The van der Waals surface area contributed by atoms with Crippen LogP contribution in [-0.2, 0) is 14.4 Å². The summed E-state index contributed by atoms with van der Waals surface area (Å²) in [5.74, 6) is -3.34. The van der Waals surface area contributed by atoms with Crippen LogP contribution in [0.1, 0.15) is 139 Å². The van der Waals surface area contributed by atoms with E-state index in [1.807, 2.05) is 4.90 Å². The molecular weight excluding hydrogens is 1130 g/mol. The zero-order valence-electron chi connectivity index (χ0n) is 45.6. The number of carboxylic acids is 1. The number of carbonyl (C=O) groups is 6. The van der Waals surface area contributed by atoms with Crippen LogP contribution in [-0.4, -0.2) is 119 Å². The van der Waals surface area contributed by atoms with Crippen molar-refractivity contribution < 1.29 is 51.4 Å². The Balaban J connectivity index is 0.000000161. The summed E-state index contributed by atoms with van der Waals surface area (Å²) in [6.45, 7) is 9.44. The van der Waals surface area contributed by atoms with Crippen LogP contribution in [0.4, 0.5) is 23.5 Å². The van der Waals surface area contributed by atoms with Gasteiger partial charge in [-0.05, 0) is 129 Å². The lowest BCUT2D eigenvalue weighted by atomic mass is 9.67. The third-order valence-electron chi connectivity index (χ3n) is 16.0. The first-order valence-corrected chi connectivity index (χ1v) is 27.5. The van der Waals surface area contributed by atoms with Crippen molar-refractivity contribution in [3.63, 3.8) is 0 Å². The minimum atomic E-state index is -1.06. The highest BCUT2D eigenvalue weighted by Crippen LogP contribution is 2.65. The van der Waals surface area contributed by atoms with E-state index in [4.69, 9.17) is 39.8 Å². The Kier molecular flexibility index (Phi) is 21.1. The van der Waals surface area contributed by atoms with E-state index in [0.717, 1.165) is 94.0 Å². The number of hydrogen-bond acceptors (Lipinski definition) is 16. The molecule has 5 aromatic rings. The summed E-state index contributed by atoms with van der Waals surface area (Å²) in [5, 5.41) is 22.5. The van der Waals surface area contributed by atoms with E-state index in [-0.39, 0.29) is 67.4 Å². The van der Waals surface area contributed by atoms with Crippen molar-refractivity contribution >= 4 is 77.0 Å². The summed E-state index contributed by atoms with van der Waals surface area (Å²) in [4.78, 5) is 93.4. The number of Topliss-reactive ketones (excluding diaryl/α,β-unsaturated/α-hetero) is 1. The highest BCUT2D eigenvalue weighted by atomic mass is 35.5. The second kappa shape index (κ2) is 27.9. The number of primary amides is 2. The predicted octanol–water partition coefficient (Wildman–Crippen LogP) is 8.10. The number of nitrogens with two attached hydrogens (primary N) is 2. The molecule has 83 heavy (non-hydrogen) atoms. The van der Waals surface area contributed by atoms with Crippen LogP contribution in [0.5, 0.6) is 0 Å². The molecule has 27 heteroatoms. The van der Waals surface area contributed by atoms with Gasteiger partial charge < -0.3 is 26.8 Å². The standard InChI is InChI=1S/C20H20F2N6O2.C15H17F2N3O.C11H18O.C5H4ClN3O.C5H3ClN2O2/c21-14-1-2-16(22)15(9-14)17-3-6-26-28(17)19(30)12-4-7-27(8-5-12)20-24-10-13(11-25-20)18(23)29;16-11-1-2-13(17)12(9-11)14-5-8-19-20(14)15(21)10-3-6-18-7-4-10;1-4-11-6-5-8(7-9(11)12)10(11,2)3;6-5-8-1-3(2-9-5)4(7)10;6-5-7-1-3(2-8-5)4(9)10/h1-2,6,9-12,17H,3-5,7-8H2,(H2,23,29);1-2,8-10,14,18H,3-7H2;8H,4-7H2,1-3H3;1-2H,(H2,7,10);1-2H,(H,9,10)/t17-;14-;8?,11-;;/m000../s1. The van der Waals surface area contributed by atoms with E-state index < -0.39 is 53.1 Å². The molecule has 3 aromatic heterocycles. The largest absolute Gasteiger partial charge is 0.478 e. The number of nitrogens with one attached hydrogen (secondary N) is 1. The highest BCUT2D eigenvalue weighted by Gasteiger charge is 2.62. The van der Waals surface area contributed by atoms with E-state index in [2.05, 4.69) is 66.2 Å². The smallest absolute Gasteiger partial charge is 0.338 e. The summed E-state index contributed by atoms with van der Waals surface area (Å²) in [6.07, 6.45) is 18.4. The summed E-state index contributed by atoms with van der Waals surface area (Å²) >= 11 is 10.6. The van der Waals surface area contributed by atoms with Gasteiger partial charge in [0.25, 0.3) is 11.8 Å². The van der Waals surface area contributed by atoms with Crippen LogP contribution < -0.4 is 21.7 Å². The molecule has 4 aliphatic heterocycles. The van der Waals surface area contributed by atoms with Crippen molar-refractivity contribution in [2.24, 2.45) is 50.3 Å². The molecule has 2 aromatic carbocycles. The molecule has 0 radical (unpaired) electrons. The molecule has 440 valence electrons. The molecule has 2 saturated heterocycles. The SMILES string of the molecule is CC[C@]12CCC(CC1=O)C2(C)C.NC(=O)c1cnc(Cl)nc1.NC(=O)c1cnc(N2CCC(C(=O)N3N=CC[C@H]3c3cc(F)ccc3F)CC2)nc1.O=C(C1CCNCC1)N1N=CC[C@H]1c1cc(F)ccc1F.O=C(O)c1cnc(Cl)nc1. The number of nitrogens with zero attached hydrogens (tertiary/aromatic N) is 11. The summed E-state index contributed by atoms with van der Waals surface area (Å²) < 4.78 is 55.1. The zero-order valence-corrected chi connectivity index (χ0v) is 47.1. The zero-order chi connectivity index (χ0) is 60.2. The first-order valence-electron chi connectivity index (χ1n) is 26.7. The number of aromatic nitrogens is 6. The predicted molar refractivity (Wildman–Crippen MR) is 298 cm³/mol. The average molecular weight is 1190 g/mol. The molecule has 4 atom stereocenters. The molecule has 11 rings (SSSR count). The molecule has 2 saturated carbocycles. The van der Waals surface area contributed by atoms with E-state index in [1.54, 1.807) is 12.4 Å². The number of carbonyl (C=O) groups excluding carboxylic acids is 5. The number of rotatable bonds is 9. The average Bonchev–Trinajstić information content (AvgIpc) is 3.26. The summed E-state index contributed by atoms with van der Waals surface area (Å²) in [7, 11) is 0. The Labute approximate surface area is 485 Å². The lowest BCUT2D eigenvalue weighted by Gasteiger charge is -2.35. The first-order chi connectivity index (χ1) is 39.5. The van der Waals surface area contributed by atoms with Crippen molar-refractivity contribution in [1.29, 1.82) is 0 Å². The maximum absolute atomic E-state index is 14.2. The van der Waals surface area contributed by atoms with Gasteiger partial charge in [-0.15, -0.1) is 0 Å². The number of ketones is 1. The number of benzene rings is 2. The van der Waals surface area contributed by atoms with Gasteiger partial charge in [0.05, 0.1) is 28.8 Å². The molecule has 2 bridgehead atoms. The number of fused-ring (bicyclic) bond motifs is 2. The molecule has 2 aliphatic carbocycles. The number of amides is 4. The molecule has 7 heterocycles. The maximum Gasteiger partial charge on any atom is 0.338 e. The van der Waals surface area contributed by atoms with Gasteiger partial charge in [-0.2, -0.15) is 10.2 Å². The van der Waals surface area contributed by atoms with Crippen molar-refractivity contribution in [1.82, 2.24) is 45.2 Å². The Bertz CT molecular complexity index is 3150. The topological polar surface area (TPSA) is 298 Å². The third-order valence-corrected chi connectivity index (χ3v) is 16.4. The Hall–Kier alpha value is -7.90. The molecular formula is C56H62Cl2F4N14O7. The van der Waals surface area contributed by atoms with E-state index in [0.29, 0.717) is 61.8 Å². The number of piperidine rings is 2. The van der Waals surface area contributed by atoms with E-state index >= 15 is 0 Å². The molecule has 4 fully saturated rings. The van der Waals surface area contributed by atoms with Gasteiger partial charge in [0, 0.05) is 110 Å². The van der Waals surface area contributed by atoms with E-state index in [9.17, 15) is 46.3 Å². The van der Waals surface area contributed by atoms with Gasteiger partial charge in [0.2, 0.25) is 28.3 Å². The first kappa shape index (κ1) is 62.7. The maximum atomic E-state index is 14.2. The van der Waals surface area contributed by atoms with Crippen molar-refractivity contribution in [2.45, 2.75) is 97.1 Å². The van der Waals surface area contributed by atoms with Crippen molar-refractivity contribution in [3.05, 3.63) is 135 Å². The van der Waals surface area contributed by atoms with Crippen molar-refractivity contribution in [3.8, 4) is 0 Å². The van der Waals surface area contributed by atoms with Crippen LogP contribution >= 0.6 is 23.2 Å². The Morgan fingerprint density at radius 3 is 1.48 bits per heavy atom. The fraction of sp³-hybridized carbons (Fsp3) is 0.429. The number of halogens is 6. The van der Waals surface area contributed by atoms with Crippen LogP contribution in [0.3, 0.4) is 0 Å². The molecule has 21 nitrogen and oxygen atoms in total. The molecule has 4 amide bonds. The lowest BCUT2D eigenvalue weighted by Crippen LogP contribution is -2.41. The third kappa shape index (κ3) is 15.0. The molecule has 1 unspecified atom stereocenters. The lowest BCUT2D eigenvalue weighted by molar-refractivity contribution is -0.139. The minimum absolute atomic E-state index is 0.0319. The summed E-state index contributed by atoms with van der Waals surface area (Å²) in [5.41, 5.74) is 11.3. The van der Waals surface area contributed by atoms with Gasteiger partial charge in [0.15, 0.2) is 0 Å². The number of anilines is 1. The fourth-order valence-corrected chi connectivity index (χ4v) is 11.3. The Morgan fingerprint density at radius 2 is 1.10 bits per heavy atom. The van der Waals surface area contributed by atoms with Gasteiger partial charge in [-0.25, -0.2) is 62.3 Å². The van der Waals surface area contributed by atoms with Crippen LogP contribution in [0.25, 0.3) is 0 Å². The molecule has 6 N–H and O–H groups in total. The normalized spacial score (nSPS) is 21.3. The van der Waals surface area contributed by atoms with Gasteiger partial charge >= 0.3 is 5.97 Å². The number of hydrogen-bond donors (Lipinski definition) is 4. The minimum Gasteiger partial charge on any atom is -0.478 e. The number of carboxylic acid groups (broad SMARTS) is 1. The van der Waals surface area contributed by atoms with Crippen molar-refractivity contribution in [2.75, 3.05) is 31.1 Å². The molecule has 6 aliphatic rings. The monoisotopic (exact) mass is 1190 g/mol. The molecule has 0 spiro atoms. The number of aromatic carboxylic acids is 1. The van der Waals surface area contributed by atoms with E-state index in [1.165, 1.54) is 41.2 Å². The van der Waals surface area contributed by atoms with Crippen LogP contribution in [0, 0.1) is 51.9 Å². The van der Waals surface area contributed by atoms with Gasteiger partial charge in [0.1, 0.15) is 29.1 Å². The second-order valence-corrected chi connectivity index (χ2v) is 21.6. The van der Waals surface area contributed by atoms with Gasteiger partial charge in [-0.3, -0.25) is 24.0 Å². The van der Waals surface area contributed by atoms with Crippen LogP contribution in [0.2, 0.25) is 10.6 Å². The Morgan fingerprint density at radius 1 is 0.663 bits per heavy atom. The second-order valence-electron chi connectivity index (χ2n) is 20.9. The quantitative estimate of drug-likeness (QED) is 0.0800. The summed E-state index contributed by atoms with van der Waals surface area (Å²) in [6, 6.07) is 5.37. The fourth-order valence-electron chi connectivity index (χ4n) is 11.2.